The van der Waals surface area contributed by atoms with Gasteiger partial charge in [0.2, 0.25) is 0 Å². The average Bonchev–Trinajstić information content (AvgIpc) is 2.56. The minimum Gasteiger partial charge on any atom is -0.356 e. The largest absolute Gasteiger partial charge is 0.356 e. The van der Waals surface area contributed by atoms with Gasteiger partial charge in [-0.1, -0.05) is 44.2 Å². The van der Waals surface area contributed by atoms with Gasteiger partial charge in [0.15, 0.2) is 15.8 Å². The molecule has 1 aromatic rings. The second-order valence-corrected chi connectivity index (χ2v) is 10.4. The fourth-order valence-corrected chi connectivity index (χ4v) is 4.58. The maximum absolute atomic E-state index is 12.3. The van der Waals surface area contributed by atoms with Gasteiger partial charge in [0.25, 0.3) is 0 Å². The van der Waals surface area contributed by atoms with Crippen molar-refractivity contribution >= 4 is 39.8 Å². The van der Waals surface area contributed by atoms with Gasteiger partial charge in [-0.2, -0.15) is 0 Å². The van der Waals surface area contributed by atoms with Gasteiger partial charge >= 0.3 is 0 Å². The Morgan fingerprint density at radius 2 is 1.81 bits per heavy atom. The molecule has 27 heavy (non-hydrogen) atoms. The highest BCUT2D eigenvalue weighted by molar-refractivity contribution is 14.0. The number of nitrogens with one attached hydrogen (secondary N) is 1. The van der Waals surface area contributed by atoms with Crippen LogP contribution < -0.4 is 5.32 Å². The normalized spacial score (nSPS) is 18.4. The number of guanidine groups is 1. The molecule has 0 bridgehead atoms. The van der Waals surface area contributed by atoms with Crippen LogP contribution in [0.25, 0.3) is 0 Å². The SMILES string of the molecule is CCNC(=NCCCS(=O)(=O)Cc1ccccc1)N1CC(C)(C)C1(C)C.I. The zero-order valence-electron chi connectivity index (χ0n) is 17.2. The number of likely N-dealkylation sites (tertiary alicyclic amines) is 1. The monoisotopic (exact) mass is 507 g/mol. The van der Waals surface area contributed by atoms with Crippen LogP contribution in [0.2, 0.25) is 0 Å². The molecular weight excluding hydrogens is 473 g/mol. The molecule has 0 atom stereocenters. The van der Waals surface area contributed by atoms with E-state index in [0.717, 1.165) is 24.6 Å². The number of hydrogen-bond donors (Lipinski definition) is 1. The van der Waals surface area contributed by atoms with E-state index in [1.807, 2.05) is 30.3 Å². The summed E-state index contributed by atoms with van der Waals surface area (Å²) in [6.07, 6.45) is 0.543. The van der Waals surface area contributed by atoms with E-state index in [1.165, 1.54) is 0 Å². The zero-order chi connectivity index (χ0) is 19.4. The summed E-state index contributed by atoms with van der Waals surface area (Å²) in [5, 5.41) is 3.34. The first-order chi connectivity index (χ1) is 12.1. The summed E-state index contributed by atoms with van der Waals surface area (Å²) in [4.78, 5) is 6.96. The van der Waals surface area contributed by atoms with Crippen LogP contribution in [0.1, 0.15) is 46.6 Å². The Labute approximate surface area is 182 Å². The lowest BCUT2D eigenvalue weighted by Gasteiger charge is -2.62. The molecular formula is C20H34IN3O2S. The Balaban J connectivity index is 0.00000364. The van der Waals surface area contributed by atoms with Gasteiger partial charge in [0.05, 0.1) is 11.5 Å². The van der Waals surface area contributed by atoms with Crippen LogP contribution >= 0.6 is 24.0 Å². The molecule has 0 radical (unpaired) electrons. The summed E-state index contributed by atoms with van der Waals surface area (Å²) in [5.74, 6) is 1.15. The molecule has 7 heteroatoms. The van der Waals surface area contributed by atoms with Crippen LogP contribution in [0.15, 0.2) is 35.3 Å². The first kappa shape index (κ1) is 24.2. The lowest BCUT2D eigenvalue weighted by molar-refractivity contribution is -0.0667. The summed E-state index contributed by atoms with van der Waals surface area (Å²) in [6, 6.07) is 9.34. The second-order valence-electron chi connectivity index (χ2n) is 8.20. The van der Waals surface area contributed by atoms with Crippen LogP contribution in [-0.4, -0.2) is 50.2 Å². The highest BCUT2D eigenvalue weighted by Crippen LogP contribution is 2.46. The fraction of sp³-hybridized carbons (Fsp3) is 0.650. The van der Waals surface area contributed by atoms with Crippen LogP contribution in [-0.2, 0) is 15.6 Å². The third-order valence-electron chi connectivity index (χ3n) is 5.58. The van der Waals surface area contributed by atoms with Gasteiger partial charge in [-0.15, -0.1) is 24.0 Å². The molecule has 2 rings (SSSR count). The zero-order valence-corrected chi connectivity index (χ0v) is 20.3. The third-order valence-corrected chi connectivity index (χ3v) is 7.26. The van der Waals surface area contributed by atoms with E-state index in [9.17, 15) is 8.42 Å². The summed E-state index contributed by atoms with van der Waals surface area (Å²) in [7, 11) is -3.10. The Bertz CT molecular complexity index is 731. The van der Waals surface area contributed by atoms with E-state index in [-0.39, 0.29) is 46.4 Å². The second kappa shape index (κ2) is 9.58. The van der Waals surface area contributed by atoms with Crippen molar-refractivity contribution in [2.24, 2.45) is 10.4 Å². The lowest BCUT2D eigenvalue weighted by Crippen LogP contribution is -2.72. The minimum absolute atomic E-state index is 0. The van der Waals surface area contributed by atoms with E-state index in [2.05, 4.69) is 49.8 Å². The number of aliphatic imine (C=N–C) groups is 1. The summed E-state index contributed by atoms with van der Waals surface area (Å²) >= 11 is 0. The van der Waals surface area contributed by atoms with Gasteiger partial charge < -0.3 is 10.2 Å². The topological polar surface area (TPSA) is 61.8 Å². The molecule has 154 valence electrons. The molecule has 1 N–H and O–H groups in total. The predicted molar refractivity (Wildman–Crippen MR) is 125 cm³/mol. The maximum Gasteiger partial charge on any atom is 0.194 e. The molecule has 0 saturated carbocycles. The van der Waals surface area contributed by atoms with Crippen LogP contribution in [0.4, 0.5) is 0 Å². The van der Waals surface area contributed by atoms with Gasteiger partial charge in [0, 0.05) is 30.6 Å². The van der Waals surface area contributed by atoms with Crippen molar-refractivity contribution in [1.82, 2.24) is 10.2 Å². The van der Waals surface area contributed by atoms with Crippen LogP contribution in [0, 0.1) is 5.41 Å². The van der Waals surface area contributed by atoms with E-state index >= 15 is 0 Å². The van der Waals surface area contributed by atoms with E-state index in [0.29, 0.717) is 13.0 Å². The van der Waals surface area contributed by atoms with Crippen molar-refractivity contribution < 1.29 is 8.42 Å². The highest BCUT2D eigenvalue weighted by atomic mass is 127. The molecule has 0 aliphatic carbocycles. The fourth-order valence-electron chi connectivity index (χ4n) is 3.16. The van der Waals surface area contributed by atoms with Crippen molar-refractivity contribution in [3.8, 4) is 0 Å². The van der Waals surface area contributed by atoms with Gasteiger partial charge in [-0.25, -0.2) is 8.42 Å². The first-order valence-electron chi connectivity index (χ1n) is 9.39. The maximum atomic E-state index is 12.3. The average molecular weight is 507 g/mol. The smallest absolute Gasteiger partial charge is 0.194 e. The van der Waals surface area contributed by atoms with Gasteiger partial charge in [-0.3, -0.25) is 4.99 Å². The van der Waals surface area contributed by atoms with Gasteiger partial charge in [0.1, 0.15) is 0 Å². The van der Waals surface area contributed by atoms with Crippen molar-refractivity contribution in [2.75, 3.05) is 25.4 Å². The van der Waals surface area contributed by atoms with E-state index < -0.39 is 9.84 Å². The molecule has 1 aromatic carbocycles. The Kier molecular flexibility index (Phi) is 8.59. The highest BCUT2D eigenvalue weighted by Gasteiger charge is 2.53. The van der Waals surface area contributed by atoms with Crippen LogP contribution in [0.3, 0.4) is 0 Å². The Hall–Kier alpha value is -0.830. The molecule has 0 amide bonds. The molecule has 1 aliphatic rings. The Morgan fingerprint density at radius 3 is 2.33 bits per heavy atom. The molecule has 0 aromatic heterocycles. The molecule has 1 heterocycles. The van der Waals surface area contributed by atoms with Crippen molar-refractivity contribution in [2.45, 2.75) is 52.3 Å². The molecule has 0 spiro atoms. The summed E-state index contributed by atoms with van der Waals surface area (Å²) in [6.45, 7) is 13.3. The first-order valence-corrected chi connectivity index (χ1v) is 11.2. The van der Waals surface area contributed by atoms with E-state index in [1.54, 1.807) is 0 Å². The van der Waals surface area contributed by atoms with Crippen LogP contribution in [0.5, 0.6) is 0 Å². The van der Waals surface area contributed by atoms with Crippen molar-refractivity contribution in [3.63, 3.8) is 0 Å². The standard InChI is InChI=1S/C20H33N3O2S.HI/c1-6-21-18(23-16-19(2,3)20(23,4)5)22-13-10-14-26(24,25)15-17-11-8-7-9-12-17;/h7-9,11-12H,6,10,13-16H2,1-5H3,(H,21,22);1H. The molecule has 5 nitrogen and oxygen atoms in total. The van der Waals surface area contributed by atoms with Crippen molar-refractivity contribution in [1.29, 1.82) is 0 Å². The number of rotatable bonds is 7. The number of halogens is 1. The quantitative estimate of drug-likeness (QED) is 0.265. The van der Waals surface area contributed by atoms with Crippen molar-refractivity contribution in [3.05, 3.63) is 35.9 Å². The molecule has 1 saturated heterocycles. The minimum atomic E-state index is -3.10. The Morgan fingerprint density at radius 1 is 1.19 bits per heavy atom. The number of sulfone groups is 1. The van der Waals surface area contributed by atoms with E-state index in [4.69, 9.17) is 0 Å². The third kappa shape index (κ3) is 6.07. The molecule has 1 aliphatic heterocycles. The number of nitrogens with zero attached hydrogens (tertiary/aromatic N) is 2. The lowest BCUT2D eigenvalue weighted by atomic mass is 9.65. The number of hydrogen-bond acceptors (Lipinski definition) is 3. The summed E-state index contributed by atoms with van der Waals surface area (Å²) < 4.78 is 24.6. The summed E-state index contributed by atoms with van der Waals surface area (Å²) in [5.41, 5.74) is 1.11. The number of benzene rings is 1. The molecule has 0 unspecified atom stereocenters. The molecule has 1 fully saturated rings. The van der Waals surface area contributed by atoms with Gasteiger partial charge in [-0.05, 0) is 32.8 Å². The predicted octanol–water partition coefficient (Wildman–Crippen LogP) is 3.70.